The number of hydrogen-bond donors (Lipinski definition) is 1. The van der Waals surface area contributed by atoms with E-state index in [0.717, 1.165) is 0 Å². The average Bonchev–Trinajstić information content (AvgIpc) is 2.16. The van der Waals surface area contributed by atoms with Crippen LogP contribution < -0.4 is 10.5 Å². The van der Waals surface area contributed by atoms with Gasteiger partial charge in [0, 0.05) is 0 Å². The van der Waals surface area contributed by atoms with Crippen molar-refractivity contribution in [2.24, 2.45) is 0 Å². The summed E-state index contributed by atoms with van der Waals surface area (Å²) < 4.78 is 5.12. The number of nitro benzene ring substituents is 1. The van der Waals surface area contributed by atoms with E-state index < -0.39 is 4.92 Å². The lowest BCUT2D eigenvalue weighted by molar-refractivity contribution is -0.384. The molecule has 0 aliphatic carbocycles. The van der Waals surface area contributed by atoms with Crippen LogP contribution in [0, 0.1) is 10.1 Å². The third-order valence-electron chi connectivity index (χ3n) is 1.57. The van der Waals surface area contributed by atoms with Gasteiger partial charge in [0.05, 0.1) is 11.0 Å². The van der Waals surface area contributed by atoms with Crippen LogP contribution in [0.2, 0.25) is 0 Å². The monoisotopic (exact) mass is 194 g/mol. The number of hydrogen-bond acceptors (Lipinski definition) is 4. The first kappa shape index (κ1) is 10.0. The predicted octanol–water partition coefficient (Wildman–Crippen LogP) is 1.74. The van der Waals surface area contributed by atoms with Gasteiger partial charge in [-0.25, -0.2) is 0 Å². The van der Waals surface area contributed by atoms with Gasteiger partial charge >= 0.3 is 0 Å². The van der Waals surface area contributed by atoms with Gasteiger partial charge in [-0.05, 0) is 12.1 Å². The first-order chi connectivity index (χ1) is 6.65. The molecule has 0 bridgehead atoms. The summed E-state index contributed by atoms with van der Waals surface area (Å²) in [7, 11) is 0. The van der Waals surface area contributed by atoms with Crippen molar-refractivity contribution in [3.8, 4) is 5.75 Å². The van der Waals surface area contributed by atoms with Crippen LogP contribution in [-0.2, 0) is 0 Å². The fraction of sp³-hybridized carbons (Fsp3) is 0.111. The molecule has 1 aromatic carbocycles. The summed E-state index contributed by atoms with van der Waals surface area (Å²) in [5.41, 5.74) is 5.38. The van der Waals surface area contributed by atoms with Crippen molar-refractivity contribution in [2.75, 3.05) is 12.3 Å². The van der Waals surface area contributed by atoms with Crippen LogP contribution in [0.5, 0.6) is 5.75 Å². The highest BCUT2D eigenvalue weighted by Crippen LogP contribution is 2.26. The van der Waals surface area contributed by atoms with E-state index in [2.05, 4.69) is 6.58 Å². The molecule has 0 amide bonds. The molecular formula is C9H10N2O3. The molecule has 2 N–H and O–H groups in total. The number of nitrogens with two attached hydrogens (primary N) is 1. The van der Waals surface area contributed by atoms with Crippen LogP contribution in [-0.4, -0.2) is 11.5 Å². The maximum Gasteiger partial charge on any atom is 0.295 e. The summed E-state index contributed by atoms with van der Waals surface area (Å²) in [5, 5.41) is 10.5. The molecule has 0 unspecified atom stereocenters. The quantitative estimate of drug-likeness (QED) is 0.342. The standard InChI is InChI=1S/C9H10N2O3/c1-2-5-14-7-3-4-8(10)9(6-7)11(12)13/h2-4,6H,1,5,10H2. The molecule has 0 heterocycles. The van der Waals surface area contributed by atoms with Crippen LogP contribution >= 0.6 is 0 Å². The molecule has 1 rings (SSSR count). The molecular weight excluding hydrogens is 184 g/mol. The van der Waals surface area contributed by atoms with Crippen molar-refractivity contribution < 1.29 is 9.66 Å². The van der Waals surface area contributed by atoms with Gasteiger partial charge in [-0.15, -0.1) is 0 Å². The van der Waals surface area contributed by atoms with E-state index in [1.807, 2.05) is 0 Å². The minimum atomic E-state index is -0.546. The van der Waals surface area contributed by atoms with Crippen molar-refractivity contribution in [1.82, 2.24) is 0 Å². The van der Waals surface area contributed by atoms with Gasteiger partial charge < -0.3 is 10.5 Å². The highest BCUT2D eigenvalue weighted by Gasteiger charge is 2.11. The van der Waals surface area contributed by atoms with Gasteiger partial charge in [-0.1, -0.05) is 12.7 Å². The van der Waals surface area contributed by atoms with Crippen molar-refractivity contribution in [3.63, 3.8) is 0 Å². The lowest BCUT2D eigenvalue weighted by atomic mass is 10.2. The number of benzene rings is 1. The Labute approximate surface area is 80.9 Å². The van der Waals surface area contributed by atoms with Crippen LogP contribution in [0.3, 0.4) is 0 Å². The number of anilines is 1. The van der Waals surface area contributed by atoms with Crippen molar-refractivity contribution in [3.05, 3.63) is 41.0 Å². The minimum Gasteiger partial charge on any atom is -0.489 e. The smallest absolute Gasteiger partial charge is 0.295 e. The van der Waals surface area contributed by atoms with Crippen LogP contribution in [0.25, 0.3) is 0 Å². The number of nitrogen functional groups attached to an aromatic ring is 1. The number of ether oxygens (including phenoxy) is 1. The summed E-state index contributed by atoms with van der Waals surface area (Å²) in [6.45, 7) is 3.77. The summed E-state index contributed by atoms with van der Waals surface area (Å²) in [6.07, 6.45) is 1.56. The predicted molar refractivity (Wildman–Crippen MR) is 53.2 cm³/mol. The van der Waals surface area contributed by atoms with E-state index in [0.29, 0.717) is 12.4 Å². The van der Waals surface area contributed by atoms with E-state index in [4.69, 9.17) is 10.5 Å². The third kappa shape index (κ3) is 2.22. The van der Waals surface area contributed by atoms with Gasteiger partial charge in [0.1, 0.15) is 18.0 Å². The molecule has 5 nitrogen and oxygen atoms in total. The molecule has 0 spiro atoms. The molecule has 14 heavy (non-hydrogen) atoms. The Morgan fingerprint density at radius 1 is 1.64 bits per heavy atom. The van der Waals surface area contributed by atoms with Gasteiger partial charge in [0.25, 0.3) is 5.69 Å². The molecule has 0 aliphatic heterocycles. The highest BCUT2D eigenvalue weighted by molar-refractivity contribution is 5.60. The molecule has 0 fully saturated rings. The van der Waals surface area contributed by atoms with Crippen molar-refractivity contribution >= 4 is 11.4 Å². The Morgan fingerprint density at radius 3 is 2.93 bits per heavy atom. The van der Waals surface area contributed by atoms with Crippen LogP contribution in [0.4, 0.5) is 11.4 Å². The van der Waals surface area contributed by atoms with E-state index in [1.54, 1.807) is 12.1 Å². The summed E-state index contributed by atoms with van der Waals surface area (Å²) >= 11 is 0. The first-order valence-corrected chi connectivity index (χ1v) is 3.92. The minimum absolute atomic E-state index is 0.126. The number of rotatable bonds is 4. The second kappa shape index (κ2) is 4.27. The van der Waals surface area contributed by atoms with E-state index in [9.17, 15) is 10.1 Å². The molecule has 1 aromatic rings. The largest absolute Gasteiger partial charge is 0.489 e. The molecule has 0 saturated carbocycles. The molecule has 0 atom stereocenters. The zero-order chi connectivity index (χ0) is 10.6. The maximum atomic E-state index is 10.5. The summed E-state index contributed by atoms with van der Waals surface area (Å²) in [5.74, 6) is 0.408. The maximum absolute atomic E-state index is 10.5. The van der Waals surface area contributed by atoms with E-state index in [-0.39, 0.29) is 11.4 Å². The topological polar surface area (TPSA) is 78.4 Å². The summed E-state index contributed by atoms with van der Waals surface area (Å²) in [6, 6.07) is 4.31. The number of nitrogens with zero attached hydrogens (tertiary/aromatic N) is 1. The Morgan fingerprint density at radius 2 is 2.36 bits per heavy atom. The van der Waals surface area contributed by atoms with Gasteiger partial charge in [-0.3, -0.25) is 10.1 Å². The molecule has 0 aliphatic rings. The fourth-order valence-corrected chi connectivity index (χ4v) is 0.927. The Hall–Kier alpha value is -2.04. The molecule has 0 radical (unpaired) electrons. The SMILES string of the molecule is C=CCOc1ccc(N)c([N+](=O)[O-])c1. The van der Waals surface area contributed by atoms with Crippen molar-refractivity contribution in [1.29, 1.82) is 0 Å². The normalized spacial score (nSPS) is 9.43. The third-order valence-corrected chi connectivity index (χ3v) is 1.57. The number of nitro groups is 1. The first-order valence-electron chi connectivity index (χ1n) is 3.92. The van der Waals surface area contributed by atoms with Gasteiger partial charge in [0.15, 0.2) is 0 Å². The lowest BCUT2D eigenvalue weighted by Crippen LogP contribution is -1.98. The van der Waals surface area contributed by atoms with E-state index >= 15 is 0 Å². The van der Waals surface area contributed by atoms with Crippen LogP contribution in [0.15, 0.2) is 30.9 Å². The Kier molecular flexibility index (Phi) is 3.06. The molecule has 0 aromatic heterocycles. The highest BCUT2D eigenvalue weighted by atomic mass is 16.6. The second-order valence-corrected chi connectivity index (χ2v) is 2.58. The summed E-state index contributed by atoms with van der Waals surface area (Å²) in [4.78, 5) is 9.95. The van der Waals surface area contributed by atoms with Crippen LogP contribution in [0.1, 0.15) is 0 Å². The molecule has 74 valence electrons. The molecule has 5 heteroatoms. The average molecular weight is 194 g/mol. The van der Waals surface area contributed by atoms with Gasteiger partial charge in [0.2, 0.25) is 0 Å². The molecule has 0 saturated heterocycles. The van der Waals surface area contributed by atoms with E-state index in [1.165, 1.54) is 12.1 Å². The lowest BCUT2D eigenvalue weighted by Gasteiger charge is -2.03. The Balaban J connectivity index is 2.94. The fourth-order valence-electron chi connectivity index (χ4n) is 0.927. The zero-order valence-corrected chi connectivity index (χ0v) is 7.47. The zero-order valence-electron chi connectivity index (χ0n) is 7.47. The Bertz CT molecular complexity index is 363. The second-order valence-electron chi connectivity index (χ2n) is 2.58. The van der Waals surface area contributed by atoms with Gasteiger partial charge in [-0.2, -0.15) is 0 Å². The van der Waals surface area contributed by atoms with Crippen molar-refractivity contribution in [2.45, 2.75) is 0 Å².